The van der Waals surface area contributed by atoms with Gasteiger partial charge in [0.05, 0.1) is 38.1 Å². The summed E-state index contributed by atoms with van der Waals surface area (Å²) in [7, 11) is 0. The molecule has 7 N–H and O–H groups in total. The molecule has 10 nitrogen and oxygen atoms in total. The van der Waals surface area contributed by atoms with Crippen LogP contribution in [-0.2, 0) is 14.2 Å². The number of ether oxygens (including phenoxy) is 3. The van der Waals surface area contributed by atoms with Crippen molar-refractivity contribution in [1.82, 2.24) is 0 Å². The molecule has 0 radical (unpaired) electrons. The molecular formula is C36H62O10. The lowest BCUT2D eigenvalue weighted by Crippen LogP contribution is -2.69. The first-order valence-corrected chi connectivity index (χ1v) is 18.1. The van der Waals surface area contributed by atoms with Crippen molar-refractivity contribution in [3.63, 3.8) is 0 Å². The van der Waals surface area contributed by atoms with Gasteiger partial charge in [-0.1, -0.05) is 34.6 Å². The Bertz CT molecular complexity index is 1080. The van der Waals surface area contributed by atoms with Crippen molar-refractivity contribution >= 4 is 0 Å². The van der Waals surface area contributed by atoms with Gasteiger partial charge in [0.15, 0.2) is 6.29 Å². The molecule has 2 heterocycles. The van der Waals surface area contributed by atoms with E-state index >= 15 is 0 Å². The summed E-state index contributed by atoms with van der Waals surface area (Å²) in [5.74, 6) is 0.880. The Hall–Kier alpha value is -0.400. The molecule has 0 bridgehead atoms. The summed E-state index contributed by atoms with van der Waals surface area (Å²) < 4.78 is 18.5. The largest absolute Gasteiger partial charge is 0.396 e. The molecule has 17 atom stereocenters. The monoisotopic (exact) mass is 654 g/mol. The smallest absolute Gasteiger partial charge is 0.186 e. The van der Waals surface area contributed by atoms with Crippen LogP contribution in [0.5, 0.6) is 0 Å². The lowest BCUT2D eigenvalue weighted by atomic mass is 9.33. The maximum absolute atomic E-state index is 12.2. The third-order valence-corrected chi connectivity index (χ3v) is 15.8. The highest BCUT2D eigenvalue weighted by molar-refractivity contribution is 5.19. The molecule has 0 aromatic heterocycles. The van der Waals surface area contributed by atoms with Gasteiger partial charge in [-0.3, -0.25) is 0 Å². The molecule has 1 spiro atoms. The molecule has 2 saturated heterocycles. The highest BCUT2D eigenvalue weighted by atomic mass is 16.7. The van der Waals surface area contributed by atoms with Crippen molar-refractivity contribution in [1.29, 1.82) is 0 Å². The minimum Gasteiger partial charge on any atom is -0.396 e. The molecule has 0 aromatic rings. The van der Waals surface area contributed by atoms with E-state index in [-0.39, 0.29) is 58.7 Å². The van der Waals surface area contributed by atoms with Crippen LogP contribution < -0.4 is 0 Å². The van der Waals surface area contributed by atoms with E-state index in [1.54, 1.807) is 0 Å². The van der Waals surface area contributed by atoms with E-state index in [1.165, 1.54) is 0 Å². The molecule has 46 heavy (non-hydrogen) atoms. The van der Waals surface area contributed by atoms with Crippen molar-refractivity contribution in [2.24, 2.45) is 50.7 Å². The zero-order chi connectivity index (χ0) is 33.4. The Kier molecular flexibility index (Phi) is 9.57. The van der Waals surface area contributed by atoms with Crippen LogP contribution >= 0.6 is 0 Å². The first kappa shape index (κ1) is 35.4. The SMILES string of the molecule is C[C@H](CO)[C@H]1CC[C@@]2(CC[C@]3(C)C(CCC4[C@@]5(C)CC[C@H](O[C@@H]6O[C@H](CO)[C@@H](O)[C@H](O)[C@H]6O)[C@@](C)(CO)C5CC[C@]43C)[C@H]2O)CO1. The van der Waals surface area contributed by atoms with Crippen LogP contribution in [0.1, 0.15) is 98.8 Å². The standard InChI is InChI=1S/C36H62O10/c1-20(16-37)22-8-13-36(19-44-22)15-14-34(4)21(30(36)43)6-7-25-32(2)11-10-26(33(3,18-39)24(32)9-12-35(25,34)5)46-31-29(42)28(41)27(40)23(17-38)45-31/h20-31,37-43H,6-19H2,1-5H3/t20-,21?,22-,23-,24?,25?,26+,27-,28+,29-,30-,31+,32+,33+,34-,35-,36-/m1/s1. The Balaban J connectivity index is 1.21. The fraction of sp³-hybridized carbons (Fsp3) is 1.00. The summed E-state index contributed by atoms with van der Waals surface area (Å²) in [4.78, 5) is 0. The maximum Gasteiger partial charge on any atom is 0.186 e. The molecule has 4 aliphatic carbocycles. The van der Waals surface area contributed by atoms with Gasteiger partial charge in [0.2, 0.25) is 0 Å². The van der Waals surface area contributed by atoms with Crippen molar-refractivity contribution < 1.29 is 50.0 Å². The van der Waals surface area contributed by atoms with Crippen LogP contribution in [0, 0.1) is 50.7 Å². The summed E-state index contributed by atoms with van der Waals surface area (Å²) in [5, 5.41) is 73.9. The first-order chi connectivity index (χ1) is 21.7. The zero-order valence-electron chi connectivity index (χ0n) is 28.7. The predicted molar refractivity (Wildman–Crippen MR) is 169 cm³/mol. The number of fused-ring (bicyclic) bond motifs is 5. The van der Waals surface area contributed by atoms with Gasteiger partial charge in [0.25, 0.3) is 0 Å². The lowest BCUT2D eigenvalue weighted by molar-refractivity contribution is -0.336. The van der Waals surface area contributed by atoms with Crippen molar-refractivity contribution in [2.75, 3.05) is 26.4 Å². The van der Waals surface area contributed by atoms with Crippen LogP contribution in [0.3, 0.4) is 0 Å². The Labute approximate surface area is 274 Å². The average Bonchev–Trinajstić information content (AvgIpc) is 3.05. The van der Waals surface area contributed by atoms with Gasteiger partial charge < -0.3 is 50.0 Å². The second-order valence-corrected chi connectivity index (χ2v) is 17.5. The molecule has 10 heteroatoms. The number of rotatable bonds is 6. The summed E-state index contributed by atoms with van der Waals surface area (Å²) in [5.41, 5.74) is -0.898. The van der Waals surface area contributed by atoms with Crippen LogP contribution in [0.2, 0.25) is 0 Å². The van der Waals surface area contributed by atoms with Gasteiger partial charge in [0.1, 0.15) is 24.4 Å². The molecule has 266 valence electrons. The molecule has 0 aromatic carbocycles. The van der Waals surface area contributed by atoms with E-state index in [2.05, 4.69) is 27.7 Å². The third kappa shape index (κ3) is 5.02. The minimum atomic E-state index is -1.51. The third-order valence-electron chi connectivity index (χ3n) is 15.8. The fourth-order valence-electron chi connectivity index (χ4n) is 12.5. The molecule has 6 aliphatic rings. The molecule has 6 rings (SSSR count). The van der Waals surface area contributed by atoms with Gasteiger partial charge in [-0.15, -0.1) is 0 Å². The van der Waals surface area contributed by atoms with E-state index < -0.39 is 54.9 Å². The van der Waals surface area contributed by atoms with Crippen LogP contribution in [0.4, 0.5) is 0 Å². The van der Waals surface area contributed by atoms with E-state index in [4.69, 9.17) is 14.2 Å². The normalized spacial score (nSPS) is 56.5. The van der Waals surface area contributed by atoms with E-state index in [0.717, 1.165) is 57.8 Å². The highest BCUT2D eigenvalue weighted by Crippen LogP contribution is 2.75. The zero-order valence-corrected chi connectivity index (χ0v) is 28.7. The molecule has 3 unspecified atom stereocenters. The summed E-state index contributed by atoms with van der Waals surface area (Å²) in [6, 6.07) is 0. The quantitative estimate of drug-likeness (QED) is 0.211. The number of aliphatic hydroxyl groups is 7. The molecule has 4 saturated carbocycles. The summed E-state index contributed by atoms with van der Waals surface area (Å²) in [6.45, 7) is 11.6. The van der Waals surface area contributed by atoms with Crippen LogP contribution in [0.15, 0.2) is 0 Å². The average molecular weight is 655 g/mol. The van der Waals surface area contributed by atoms with Crippen molar-refractivity contribution in [3.8, 4) is 0 Å². The van der Waals surface area contributed by atoms with E-state index in [1.807, 2.05) is 6.92 Å². The summed E-state index contributed by atoms with van der Waals surface area (Å²) >= 11 is 0. The van der Waals surface area contributed by atoms with Crippen molar-refractivity contribution in [3.05, 3.63) is 0 Å². The second kappa shape index (κ2) is 12.4. The highest BCUT2D eigenvalue weighted by Gasteiger charge is 2.70. The molecule has 2 aliphatic heterocycles. The predicted octanol–water partition coefficient (Wildman–Crippen LogP) is 2.37. The van der Waals surface area contributed by atoms with Gasteiger partial charge in [-0.2, -0.15) is 0 Å². The topological polar surface area (TPSA) is 169 Å². The van der Waals surface area contributed by atoms with E-state index in [0.29, 0.717) is 18.9 Å². The van der Waals surface area contributed by atoms with Gasteiger partial charge in [0, 0.05) is 23.4 Å². The summed E-state index contributed by atoms with van der Waals surface area (Å²) in [6.07, 6.45) is 1.82. The second-order valence-electron chi connectivity index (χ2n) is 17.5. The maximum atomic E-state index is 12.2. The first-order valence-electron chi connectivity index (χ1n) is 18.1. The fourth-order valence-corrected chi connectivity index (χ4v) is 12.5. The van der Waals surface area contributed by atoms with Gasteiger partial charge in [-0.25, -0.2) is 0 Å². The van der Waals surface area contributed by atoms with Crippen molar-refractivity contribution in [2.45, 2.75) is 148 Å². The Morgan fingerprint density at radius 1 is 0.761 bits per heavy atom. The Morgan fingerprint density at radius 2 is 1.50 bits per heavy atom. The van der Waals surface area contributed by atoms with Crippen LogP contribution in [-0.4, -0.2) is 111 Å². The number of aliphatic hydroxyl groups excluding tert-OH is 7. The van der Waals surface area contributed by atoms with Crippen LogP contribution in [0.25, 0.3) is 0 Å². The minimum absolute atomic E-state index is 0.0224. The van der Waals surface area contributed by atoms with E-state index in [9.17, 15) is 35.7 Å². The Morgan fingerprint density at radius 3 is 2.13 bits per heavy atom. The van der Waals surface area contributed by atoms with Gasteiger partial charge >= 0.3 is 0 Å². The lowest BCUT2D eigenvalue weighted by Gasteiger charge is -2.73. The van der Waals surface area contributed by atoms with Gasteiger partial charge in [-0.05, 0) is 98.2 Å². The molecule has 6 fully saturated rings. The number of hydrogen-bond acceptors (Lipinski definition) is 10. The molecular weight excluding hydrogens is 592 g/mol. The number of hydrogen-bond donors (Lipinski definition) is 7. The molecule has 0 amide bonds.